The second kappa shape index (κ2) is 8.02. The van der Waals surface area contributed by atoms with E-state index in [4.69, 9.17) is 9.47 Å². The number of rotatable bonds is 4. The van der Waals surface area contributed by atoms with Gasteiger partial charge in [-0.1, -0.05) is 35.9 Å². The molecule has 7 nitrogen and oxygen atoms in total. The van der Waals surface area contributed by atoms with E-state index < -0.39 is 24.2 Å². The third-order valence-electron chi connectivity index (χ3n) is 5.79. The molecule has 0 aliphatic carbocycles. The van der Waals surface area contributed by atoms with Gasteiger partial charge in [-0.05, 0) is 30.2 Å². The molecule has 172 valence electrons. The zero-order chi connectivity index (χ0) is 23.2. The summed E-state index contributed by atoms with van der Waals surface area (Å²) in [5, 5.41) is 9.79. The fraction of sp³-hybridized carbons (Fsp3) is 0.304. The molecule has 10 heteroatoms. The van der Waals surface area contributed by atoms with Gasteiger partial charge in [-0.15, -0.1) is 0 Å². The van der Waals surface area contributed by atoms with E-state index in [0.29, 0.717) is 11.5 Å². The molecule has 2 aliphatic heterocycles. The Kier molecular flexibility index (Phi) is 5.15. The van der Waals surface area contributed by atoms with Crippen molar-refractivity contribution in [3.8, 4) is 11.5 Å². The maximum atomic E-state index is 13.9. The highest BCUT2D eigenvalue weighted by Crippen LogP contribution is 2.43. The number of hydrogen-bond donors (Lipinski definition) is 2. The monoisotopic (exact) mass is 458 g/mol. The highest BCUT2D eigenvalue weighted by Gasteiger charge is 2.46. The third-order valence-corrected chi connectivity index (χ3v) is 5.79. The Balaban J connectivity index is 1.35. The Hall–Kier alpha value is -3.69. The van der Waals surface area contributed by atoms with E-state index in [2.05, 4.69) is 15.7 Å². The summed E-state index contributed by atoms with van der Waals surface area (Å²) in [7, 11) is 0. The van der Waals surface area contributed by atoms with E-state index >= 15 is 0 Å². The van der Waals surface area contributed by atoms with E-state index in [1.807, 2.05) is 31.2 Å². The molecule has 0 unspecified atom stereocenters. The third kappa shape index (κ3) is 4.20. The van der Waals surface area contributed by atoms with Crippen LogP contribution in [0.4, 0.5) is 19.0 Å². The quantitative estimate of drug-likeness (QED) is 0.602. The molecule has 2 aliphatic rings. The highest BCUT2D eigenvalue weighted by molar-refractivity contribution is 5.93. The standard InChI is InChI=1S/C23H21F3N4O3/c1-13-2-5-15(6-3-13)16-9-20(23(24,25)26)30-21(28-16)10-17(29-30)22(31)27-11-14-4-7-18-19(8-14)33-12-32-18/h2-8,10,16,20,28H,9,11-12H2,1H3,(H,27,31)/t16-,20-/m0/s1. The predicted molar refractivity (Wildman–Crippen MR) is 113 cm³/mol. The second-order valence-electron chi connectivity index (χ2n) is 8.13. The molecule has 2 aromatic carbocycles. The van der Waals surface area contributed by atoms with Gasteiger partial charge in [0.2, 0.25) is 6.79 Å². The molecule has 3 heterocycles. The molecule has 0 fully saturated rings. The lowest BCUT2D eigenvalue weighted by Crippen LogP contribution is -2.35. The topological polar surface area (TPSA) is 77.4 Å². The summed E-state index contributed by atoms with van der Waals surface area (Å²) >= 11 is 0. The molecule has 3 aromatic rings. The summed E-state index contributed by atoms with van der Waals surface area (Å²) in [4.78, 5) is 12.7. The second-order valence-corrected chi connectivity index (χ2v) is 8.13. The molecular weight excluding hydrogens is 437 g/mol. The van der Waals surface area contributed by atoms with E-state index in [1.165, 1.54) is 6.07 Å². The van der Waals surface area contributed by atoms with Crippen LogP contribution in [0.2, 0.25) is 0 Å². The SMILES string of the molecule is Cc1ccc([C@@H]2C[C@@H](C(F)(F)F)n3nc(C(=O)NCc4ccc5c(c4)OCO5)cc3N2)cc1. The fourth-order valence-electron chi connectivity index (χ4n) is 4.03. The molecule has 2 atom stereocenters. The zero-order valence-corrected chi connectivity index (χ0v) is 17.6. The van der Waals surface area contributed by atoms with Gasteiger partial charge in [-0.3, -0.25) is 4.79 Å². The number of hydrogen-bond acceptors (Lipinski definition) is 5. The number of ether oxygens (including phenoxy) is 2. The predicted octanol–water partition coefficient (Wildman–Crippen LogP) is 4.51. The van der Waals surface area contributed by atoms with Crippen LogP contribution in [0.1, 0.15) is 45.7 Å². The lowest BCUT2D eigenvalue weighted by atomic mass is 9.96. The van der Waals surface area contributed by atoms with Gasteiger partial charge < -0.3 is 20.1 Å². The highest BCUT2D eigenvalue weighted by atomic mass is 19.4. The molecule has 0 bridgehead atoms. The normalized spacial score (nSPS) is 19.0. The zero-order valence-electron chi connectivity index (χ0n) is 17.6. The number of fused-ring (bicyclic) bond motifs is 2. The van der Waals surface area contributed by atoms with Crippen molar-refractivity contribution in [1.29, 1.82) is 0 Å². The Morgan fingerprint density at radius 1 is 1.15 bits per heavy atom. The number of nitrogens with one attached hydrogen (secondary N) is 2. The van der Waals surface area contributed by atoms with Gasteiger partial charge in [0, 0.05) is 19.0 Å². The lowest BCUT2D eigenvalue weighted by Gasteiger charge is -2.33. The van der Waals surface area contributed by atoms with Gasteiger partial charge in [0.15, 0.2) is 23.2 Å². The van der Waals surface area contributed by atoms with Crippen LogP contribution in [-0.4, -0.2) is 28.7 Å². The molecular formula is C23H21F3N4O3. The van der Waals surface area contributed by atoms with Gasteiger partial charge in [-0.25, -0.2) is 4.68 Å². The molecule has 0 saturated heterocycles. The van der Waals surface area contributed by atoms with Crippen molar-refractivity contribution in [3.05, 3.63) is 70.9 Å². The van der Waals surface area contributed by atoms with Crippen LogP contribution in [0.3, 0.4) is 0 Å². The minimum absolute atomic E-state index is 0.0861. The molecule has 0 spiro atoms. The summed E-state index contributed by atoms with van der Waals surface area (Å²) in [6.45, 7) is 2.22. The van der Waals surface area contributed by atoms with E-state index in [-0.39, 0.29) is 31.3 Å². The Bertz CT molecular complexity index is 1190. The minimum Gasteiger partial charge on any atom is -0.454 e. The smallest absolute Gasteiger partial charge is 0.410 e. The average molecular weight is 458 g/mol. The van der Waals surface area contributed by atoms with Crippen molar-refractivity contribution in [3.63, 3.8) is 0 Å². The first-order valence-corrected chi connectivity index (χ1v) is 10.4. The number of aromatic nitrogens is 2. The first kappa shape index (κ1) is 21.2. The van der Waals surface area contributed by atoms with Gasteiger partial charge in [0.1, 0.15) is 5.82 Å². The molecule has 2 N–H and O–H groups in total. The van der Waals surface area contributed by atoms with Crippen LogP contribution in [0.25, 0.3) is 0 Å². The first-order chi connectivity index (χ1) is 15.8. The number of nitrogens with zero attached hydrogens (tertiary/aromatic N) is 2. The minimum atomic E-state index is -4.51. The van der Waals surface area contributed by atoms with Crippen LogP contribution < -0.4 is 20.1 Å². The number of halogens is 3. The number of amides is 1. The summed E-state index contributed by atoms with van der Waals surface area (Å²) in [6, 6.07) is 11.6. The maximum absolute atomic E-state index is 13.9. The van der Waals surface area contributed by atoms with Crippen molar-refractivity contribution in [1.82, 2.24) is 15.1 Å². The van der Waals surface area contributed by atoms with Crippen LogP contribution in [-0.2, 0) is 6.54 Å². The Morgan fingerprint density at radius 3 is 2.67 bits per heavy atom. The van der Waals surface area contributed by atoms with Gasteiger partial charge in [0.25, 0.3) is 5.91 Å². The van der Waals surface area contributed by atoms with Crippen LogP contribution in [0, 0.1) is 6.92 Å². The molecule has 0 radical (unpaired) electrons. The Morgan fingerprint density at radius 2 is 1.91 bits per heavy atom. The number of anilines is 1. The van der Waals surface area contributed by atoms with Crippen molar-refractivity contribution in [2.75, 3.05) is 12.1 Å². The molecule has 1 amide bonds. The van der Waals surface area contributed by atoms with E-state index in [1.54, 1.807) is 18.2 Å². The lowest BCUT2D eigenvalue weighted by molar-refractivity contribution is -0.173. The summed E-state index contributed by atoms with van der Waals surface area (Å²) in [5.41, 5.74) is 2.45. The van der Waals surface area contributed by atoms with Crippen LogP contribution >= 0.6 is 0 Å². The number of benzene rings is 2. The average Bonchev–Trinajstić information content (AvgIpc) is 3.43. The van der Waals surface area contributed by atoms with Crippen molar-refractivity contribution < 1.29 is 27.4 Å². The molecule has 0 saturated carbocycles. The number of alkyl halides is 3. The Labute approximate surface area is 187 Å². The number of aryl methyl sites for hydroxylation is 1. The number of carbonyl (C=O) groups is 1. The summed E-state index contributed by atoms with van der Waals surface area (Å²) < 4.78 is 53.0. The van der Waals surface area contributed by atoms with Gasteiger partial charge >= 0.3 is 6.18 Å². The van der Waals surface area contributed by atoms with Crippen molar-refractivity contribution in [2.24, 2.45) is 0 Å². The van der Waals surface area contributed by atoms with Crippen LogP contribution in [0.5, 0.6) is 11.5 Å². The van der Waals surface area contributed by atoms with Gasteiger partial charge in [-0.2, -0.15) is 18.3 Å². The van der Waals surface area contributed by atoms with Crippen LogP contribution in [0.15, 0.2) is 48.5 Å². The van der Waals surface area contributed by atoms with Crippen molar-refractivity contribution in [2.45, 2.75) is 38.1 Å². The van der Waals surface area contributed by atoms with Gasteiger partial charge in [0.05, 0.1) is 6.04 Å². The fourth-order valence-corrected chi connectivity index (χ4v) is 4.03. The van der Waals surface area contributed by atoms with E-state index in [0.717, 1.165) is 21.4 Å². The van der Waals surface area contributed by atoms with E-state index in [9.17, 15) is 18.0 Å². The summed E-state index contributed by atoms with van der Waals surface area (Å²) in [5.74, 6) is 0.796. The number of carbonyl (C=O) groups excluding carboxylic acids is 1. The summed E-state index contributed by atoms with van der Waals surface area (Å²) in [6.07, 6.45) is -4.73. The molecule has 1 aromatic heterocycles. The first-order valence-electron chi connectivity index (χ1n) is 10.4. The molecule has 5 rings (SSSR count). The maximum Gasteiger partial charge on any atom is 0.410 e. The van der Waals surface area contributed by atoms with Crippen molar-refractivity contribution >= 4 is 11.7 Å². The molecule has 33 heavy (non-hydrogen) atoms. The largest absolute Gasteiger partial charge is 0.454 e.